The van der Waals surface area contributed by atoms with Gasteiger partial charge >= 0.3 is 0 Å². The van der Waals surface area contributed by atoms with E-state index in [4.69, 9.17) is 18.9 Å². The Bertz CT molecular complexity index is 728. The van der Waals surface area contributed by atoms with E-state index in [2.05, 4.69) is 25.1 Å². The van der Waals surface area contributed by atoms with E-state index < -0.39 is 0 Å². The summed E-state index contributed by atoms with van der Waals surface area (Å²) in [6.07, 6.45) is 1.97. The summed E-state index contributed by atoms with van der Waals surface area (Å²) in [6, 6.07) is 16.0. The van der Waals surface area contributed by atoms with Crippen LogP contribution in [0.1, 0.15) is 30.9 Å². The van der Waals surface area contributed by atoms with E-state index in [0.717, 1.165) is 36.3 Å². The fraction of sp³-hybridized carbons (Fsp3) is 0.409. The van der Waals surface area contributed by atoms with Crippen LogP contribution in [0.25, 0.3) is 0 Å². The summed E-state index contributed by atoms with van der Waals surface area (Å²) in [4.78, 5) is 10.4. The summed E-state index contributed by atoms with van der Waals surface area (Å²) in [7, 11) is 1.66. The van der Waals surface area contributed by atoms with E-state index >= 15 is 0 Å². The molecule has 0 spiro atoms. The standard InChI is InChI=1S/C22H26O5/c1-16-11-20(14-25-15-23)26-22(12-16)27-21-6-4-3-5-18(21)13-17-7-9-19(24-2)10-8-17/h3-10,15-16,20,22H,11-14H2,1-2H3/t16-,20-,22-/m0/s1. The molecule has 2 aromatic rings. The third-order valence-corrected chi connectivity index (χ3v) is 4.74. The van der Waals surface area contributed by atoms with Gasteiger partial charge in [-0.1, -0.05) is 37.3 Å². The van der Waals surface area contributed by atoms with Crippen LogP contribution < -0.4 is 9.47 Å². The number of hydrogen-bond donors (Lipinski definition) is 0. The Morgan fingerprint density at radius 2 is 1.89 bits per heavy atom. The summed E-state index contributed by atoms with van der Waals surface area (Å²) in [5.41, 5.74) is 2.28. The zero-order valence-corrected chi connectivity index (χ0v) is 15.8. The van der Waals surface area contributed by atoms with Gasteiger partial charge in [-0.3, -0.25) is 4.79 Å². The minimum Gasteiger partial charge on any atom is -0.497 e. The van der Waals surface area contributed by atoms with Crippen molar-refractivity contribution in [1.29, 1.82) is 0 Å². The molecule has 1 heterocycles. The van der Waals surface area contributed by atoms with Gasteiger partial charge in [0.25, 0.3) is 6.47 Å². The smallest absolute Gasteiger partial charge is 0.293 e. The average Bonchev–Trinajstić information content (AvgIpc) is 2.68. The van der Waals surface area contributed by atoms with Crippen molar-refractivity contribution in [2.45, 2.75) is 38.6 Å². The fourth-order valence-electron chi connectivity index (χ4n) is 3.40. The van der Waals surface area contributed by atoms with Gasteiger partial charge in [-0.05, 0) is 41.7 Å². The lowest BCUT2D eigenvalue weighted by Crippen LogP contribution is -2.38. The van der Waals surface area contributed by atoms with Gasteiger partial charge in [-0.25, -0.2) is 0 Å². The van der Waals surface area contributed by atoms with Crippen molar-refractivity contribution in [1.82, 2.24) is 0 Å². The molecule has 0 radical (unpaired) electrons. The second-order valence-electron chi connectivity index (χ2n) is 6.94. The third-order valence-electron chi connectivity index (χ3n) is 4.74. The molecular weight excluding hydrogens is 344 g/mol. The molecule has 0 saturated carbocycles. The molecule has 1 aliphatic rings. The number of carbonyl (C=O) groups excluding carboxylic acids is 1. The van der Waals surface area contributed by atoms with E-state index in [1.54, 1.807) is 7.11 Å². The number of hydrogen-bond acceptors (Lipinski definition) is 5. The second-order valence-corrected chi connectivity index (χ2v) is 6.94. The minimum absolute atomic E-state index is 0.127. The molecule has 2 aromatic carbocycles. The first-order valence-corrected chi connectivity index (χ1v) is 9.26. The van der Waals surface area contributed by atoms with Gasteiger partial charge in [0.2, 0.25) is 6.29 Å². The van der Waals surface area contributed by atoms with Gasteiger partial charge in [-0.15, -0.1) is 0 Å². The van der Waals surface area contributed by atoms with E-state index in [0.29, 0.717) is 12.4 Å². The molecule has 3 rings (SSSR count). The number of methoxy groups -OCH3 is 1. The van der Waals surface area contributed by atoms with Crippen LogP contribution in [-0.4, -0.2) is 32.6 Å². The first-order chi connectivity index (χ1) is 13.2. The Kier molecular flexibility index (Phi) is 6.71. The molecule has 5 nitrogen and oxygen atoms in total. The van der Waals surface area contributed by atoms with Crippen molar-refractivity contribution in [3.8, 4) is 11.5 Å². The van der Waals surface area contributed by atoms with E-state index in [-0.39, 0.29) is 19.0 Å². The Balaban J connectivity index is 1.68. The molecule has 1 fully saturated rings. The van der Waals surface area contributed by atoms with Crippen molar-refractivity contribution in [2.75, 3.05) is 13.7 Å². The summed E-state index contributed by atoms with van der Waals surface area (Å²) >= 11 is 0. The normalized spacial score (nSPS) is 22.1. The highest BCUT2D eigenvalue weighted by Gasteiger charge is 2.29. The van der Waals surface area contributed by atoms with E-state index in [1.165, 1.54) is 5.56 Å². The zero-order valence-electron chi connectivity index (χ0n) is 15.8. The number of ether oxygens (including phenoxy) is 4. The first kappa shape index (κ1) is 19.2. The monoisotopic (exact) mass is 370 g/mol. The fourth-order valence-corrected chi connectivity index (χ4v) is 3.40. The number of para-hydroxylation sites is 1. The van der Waals surface area contributed by atoms with Crippen LogP contribution >= 0.6 is 0 Å². The van der Waals surface area contributed by atoms with Gasteiger partial charge in [0.1, 0.15) is 18.1 Å². The maximum absolute atomic E-state index is 10.4. The Morgan fingerprint density at radius 3 is 2.63 bits per heavy atom. The van der Waals surface area contributed by atoms with Gasteiger partial charge in [0.15, 0.2) is 0 Å². The molecule has 1 saturated heterocycles. The van der Waals surface area contributed by atoms with Gasteiger partial charge in [0.05, 0.1) is 13.2 Å². The predicted molar refractivity (Wildman–Crippen MR) is 102 cm³/mol. The van der Waals surface area contributed by atoms with E-state index in [9.17, 15) is 4.79 Å². The summed E-state index contributed by atoms with van der Waals surface area (Å²) < 4.78 is 22.3. The Morgan fingerprint density at radius 1 is 1.11 bits per heavy atom. The highest BCUT2D eigenvalue weighted by Crippen LogP contribution is 2.29. The summed E-state index contributed by atoms with van der Waals surface area (Å²) in [6.45, 7) is 2.89. The number of benzene rings is 2. The molecule has 0 bridgehead atoms. The third kappa shape index (κ3) is 5.47. The van der Waals surface area contributed by atoms with Crippen LogP contribution in [0.4, 0.5) is 0 Å². The maximum atomic E-state index is 10.4. The quantitative estimate of drug-likeness (QED) is 0.658. The van der Waals surface area contributed by atoms with Gasteiger partial charge in [0, 0.05) is 12.8 Å². The highest BCUT2D eigenvalue weighted by atomic mass is 16.7. The van der Waals surface area contributed by atoms with Crippen LogP contribution in [-0.2, 0) is 20.7 Å². The van der Waals surface area contributed by atoms with Crippen molar-refractivity contribution >= 4 is 6.47 Å². The zero-order chi connectivity index (χ0) is 19.1. The number of rotatable bonds is 8. The van der Waals surface area contributed by atoms with E-state index in [1.807, 2.05) is 30.3 Å². The highest BCUT2D eigenvalue weighted by molar-refractivity contribution is 5.39. The number of carbonyl (C=O) groups is 1. The molecule has 0 aromatic heterocycles. The molecule has 27 heavy (non-hydrogen) atoms. The van der Waals surface area contributed by atoms with Crippen LogP contribution in [0.2, 0.25) is 0 Å². The first-order valence-electron chi connectivity index (χ1n) is 9.26. The van der Waals surface area contributed by atoms with Gasteiger partial charge < -0.3 is 18.9 Å². The predicted octanol–water partition coefficient (Wildman–Crippen LogP) is 3.98. The Hall–Kier alpha value is -2.53. The van der Waals surface area contributed by atoms with Crippen LogP contribution in [0.15, 0.2) is 48.5 Å². The van der Waals surface area contributed by atoms with Crippen LogP contribution in [0, 0.1) is 5.92 Å². The second kappa shape index (κ2) is 9.42. The largest absolute Gasteiger partial charge is 0.497 e. The van der Waals surface area contributed by atoms with Crippen LogP contribution in [0.5, 0.6) is 11.5 Å². The molecule has 0 unspecified atom stereocenters. The molecule has 1 aliphatic heterocycles. The SMILES string of the molecule is COc1ccc(Cc2ccccc2O[C@H]2C[C@@H](C)C[C@@H](COC=O)O2)cc1. The molecule has 5 heteroatoms. The summed E-state index contributed by atoms with van der Waals surface area (Å²) in [5, 5.41) is 0. The molecule has 3 atom stereocenters. The van der Waals surface area contributed by atoms with Crippen molar-refractivity contribution in [3.05, 3.63) is 59.7 Å². The van der Waals surface area contributed by atoms with Crippen molar-refractivity contribution in [2.24, 2.45) is 5.92 Å². The van der Waals surface area contributed by atoms with Crippen molar-refractivity contribution in [3.63, 3.8) is 0 Å². The topological polar surface area (TPSA) is 54.0 Å². The minimum atomic E-state index is -0.342. The molecule has 0 N–H and O–H groups in total. The molecular formula is C22H26O5. The lowest BCUT2D eigenvalue weighted by Gasteiger charge is -2.33. The molecule has 144 valence electrons. The maximum Gasteiger partial charge on any atom is 0.293 e. The molecule has 0 amide bonds. The van der Waals surface area contributed by atoms with Gasteiger partial charge in [-0.2, -0.15) is 0 Å². The Labute approximate surface area is 160 Å². The molecule has 0 aliphatic carbocycles. The van der Waals surface area contributed by atoms with Crippen LogP contribution in [0.3, 0.4) is 0 Å². The lowest BCUT2D eigenvalue weighted by atomic mass is 9.97. The summed E-state index contributed by atoms with van der Waals surface area (Å²) in [5.74, 6) is 2.11. The lowest BCUT2D eigenvalue weighted by molar-refractivity contribution is -0.177. The average molecular weight is 370 g/mol. The van der Waals surface area contributed by atoms with Crippen molar-refractivity contribution < 1.29 is 23.7 Å².